The van der Waals surface area contributed by atoms with E-state index in [4.69, 9.17) is 0 Å². The molecule has 1 aromatic carbocycles. The van der Waals surface area contributed by atoms with Gasteiger partial charge >= 0.3 is 12.0 Å². The van der Waals surface area contributed by atoms with E-state index in [1.165, 1.54) is 6.07 Å². The average Bonchev–Trinajstić information content (AvgIpc) is 2.43. The van der Waals surface area contributed by atoms with E-state index in [2.05, 4.69) is 28.2 Å². The van der Waals surface area contributed by atoms with Gasteiger partial charge in [-0.15, -0.1) is 0 Å². The van der Waals surface area contributed by atoms with E-state index >= 15 is 0 Å². The third kappa shape index (κ3) is 3.56. The molecule has 2 N–H and O–H groups in total. The number of urea groups is 1. The highest BCUT2D eigenvalue weighted by Gasteiger charge is 2.28. The molecule has 1 saturated heterocycles. The van der Waals surface area contributed by atoms with Crippen LogP contribution in [0.3, 0.4) is 0 Å². The molecule has 1 fully saturated rings. The molecule has 0 saturated carbocycles. The number of hydrogen-bond acceptors (Lipinski definition) is 2. The lowest BCUT2D eigenvalue weighted by atomic mass is 9.95. The maximum atomic E-state index is 12.5. The summed E-state index contributed by atoms with van der Waals surface area (Å²) in [4.78, 5) is 25.5. The van der Waals surface area contributed by atoms with Crippen LogP contribution in [0.4, 0.5) is 10.5 Å². The SMILES string of the molecule is CC1CCC(C)N(C(=O)Nc2c(Br)cccc2C(=O)O)C1. The van der Waals surface area contributed by atoms with Gasteiger partial charge in [-0.25, -0.2) is 9.59 Å². The molecule has 114 valence electrons. The van der Waals surface area contributed by atoms with Crippen molar-refractivity contribution in [3.05, 3.63) is 28.2 Å². The van der Waals surface area contributed by atoms with Crippen LogP contribution in [0, 0.1) is 5.92 Å². The number of carboxylic acids is 1. The van der Waals surface area contributed by atoms with Crippen LogP contribution in [0.2, 0.25) is 0 Å². The van der Waals surface area contributed by atoms with Gasteiger partial charge in [0.15, 0.2) is 0 Å². The minimum absolute atomic E-state index is 0.0791. The van der Waals surface area contributed by atoms with Crippen molar-refractivity contribution in [2.45, 2.75) is 32.7 Å². The lowest BCUT2D eigenvalue weighted by Gasteiger charge is -2.36. The molecule has 2 rings (SSSR count). The van der Waals surface area contributed by atoms with Gasteiger partial charge in [0, 0.05) is 17.1 Å². The van der Waals surface area contributed by atoms with Gasteiger partial charge in [-0.05, 0) is 53.7 Å². The lowest BCUT2D eigenvalue weighted by molar-refractivity contribution is 0.0698. The number of rotatable bonds is 2. The molecule has 1 aliphatic rings. The first-order valence-corrected chi connectivity index (χ1v) is 7.79. The van der Waals surface area contributed by atoms with Crippen molar-refractivity contribution in [2.24, 2.45) is 5.92 Å². The Morgan fingerprint density at radius 2 is 2.05 bits per heavy atom. The number of nitrogens with one attached hydrogen (secondary N) is 1. The smallest absolute Gasteiger partial charge is 0.337 e. The van der Waals surface area contributed by atoms with Crippen LogP contribution in [-0.2, 0) is 0 Å². The van der Waals surface area contributed by atoms with Crippen molar-refractivity contribution >= 4 is 33.6 Å². The van der Waals surface area contributed by atoms with Crippen molar-refractivity contribution in [1.82, 2.24) is 4.90 Å². The van der Waals surface area contributed by atoms with Crippen LogP contribution < -0.4 is 5.32 Å². The predicted molar refractivity (Wildman–Crippen MR) is 84.7 cm³/mol. The normalized spacial score (nSPS) is 22.0. The number of benzene rings is 1. The number of halogens is 1. The second-order valence-corrected chi connectivity index (χ2v) is 6.44. The molecule has 1 heterocycles. The number of nitrogens with zero attached hydrogens (tertiary/aromatic N) is 1. The molecular formula is C15H19BrN2O3. The van der Waals surface area contributed by atoms with Crippen molar-refractivity contribution in [3.63, 3.8) is 0 Å². The second-order valence-electron chi connectivity index (χ2n) is 5.58. The summed E-state index contributed by atoms with van der Waals surface area (Å²) in [5, 5.41) is 12.0. The third-order valence-corrected chi connectivity index (χ3v) is 4.52. The molecule has 0 spiro atoms. The Labute approximate surface area is 132 Å². The summed E-state index contributed by atoms with van der Waals surface area (Å²) in [7, 11) is 0. The topological polar surface area (TPSA) is 69.6 Å². The van der Waals surface area contributed by atoms with E-state index in [0.717, 1.165) is 12.8 Å². The fourth-order valence-corrected chi connectivity index (χ4v) is 3.05. The fourth-order valence-electron chi connectivity index (χ4n) is 2.58. The number of carbonyl (C=O) groups is 2. The van der Waals surface area contributed by atoms with Crippen LogP contribution in [0.5, 0.6) is 0 Å². The summed E-state index contributed by atoms with van der Waals surface area (Å²) >= 11 is 3.30. The summed E-state index contributed by atoms with van der Waals surface area (Å²) in [5.74, 6) is -0.600. The molecule has 21 heavy (non-hydrogen) atoms. The van der Waals surface area contributed by atoms with Gasteiger partial charge in [-0.3, -0.25) is 0 Å². The first-order chi connectivity index (χ1) is 9.90. The van der Waals surface area contributed by atoms with E-state index in [1.54, 1.807) is 17.0 Å². The van der Waals surface area contributed by atoms with E-state index in [1.807, 2.05) is 6.92 Å². The van der Waals surface area contributed by atoms with Gasteiger partial charge in [-0.1, -0.05) is 13.0 Å². The summed E-state index contributed by atoms with van der Waals surface area (Å²) < 4.78 is 0.563. The van der Waals surface area contributed by atoms with Gasteiger partial charge in [-0.2, -0.15) is 0 Å². The van der Waals surface area contributed by atoms with Crippen molar-refractivity contribution in [2.75, 3.05) is 11.9 Å². The Morgan fingerprint density at radius 3 is 2.71 bits per heavy atom. The summed E-state index contributed by atoms with van der Waals surface area (Å²) in [6.45, 7) is 4.83. The monoisotopic (exact) mass is 354 g/mol. The molecule has 0 aromatic heterocycles. The van der Waals surface area contributed by atoms with Crippen LogP contribution in [0.25, 0.3) is 0 Å². The van der Waals surface area contributed by atoms with E-state index in [0.29, 0.717) is 22.6 Å². The molecular weight excluding hydrogens is 336 g/mol. The van der Waals surface area contributed by atoms with Crippen LogP contribution in [0.1, 0.15) is 37.0 Å². The number of piperidine rings is 1. The first-order valence-electron chi connectivity index (χ1n) is 6.99. The highest BCUT2D eigenvalue weighted by molar-refractivity contribution is 9.10. The minimum Gasteiger partial charge on any atom is -0.478 e. The molecule has 1 aliphatic heterocycles. The Kier molecular flexibility index (Phi) is 4.88. The van der Waals surface area contributed by atoms with Crippen LogP contribution in [0.15, 0.2) is 22.7 Å². The average molecular weight is 355 g/mol. The Balaban J connectivity index is 2.21. The number of para-hydroxylation sites is 1. The zero-order valence-electron chi connectivity index (χ0n) is 12.1. The number of carbonyl (C=O) groups excluding carboxylic acids is 1. The van der Waals surface area contributed by atoms with Gasteiger partial charge in [0.05, 0.1) is 11.3 Å². The molecule has 2 unspecified atom stereocenters. The molecule has 1 aromatic rings. The fraction of sp³-hybridized carbons (Fsp3) is 0.467. The van der Waals surface area contributed by atoms with Crippen molar-refractivity contribution < 1.29 is 14.7 Å². The highest BCUT2D eigenvalue weighted by Crippen LogP contribution is 2.28. The van der Waals surface area contributed by atoms with Gasteiger partial charge in [0.1, 0.15) is 0 Å². The number of amides is 2. The van der Waals surface area contributed by atoms with Gasteiger partial charge in [0.25, 0.3) is 0 Å². The van der Waals surface area contributed by atoms with Gasteiger partial charge < -0.3 is 15.3 Å². The standard InChI is InChI=1S/C15H19BrN2O3/c1-9-6-7-10(2)18(8-9)15(21)17-13-11(14(19)20)4-3-5-12(13)16/h3-5,9-10H,6-8H2,1-2H3,(H,17,21)(H,19,20). The molecule has 0 aliphatic carbocycles. The largest absolute Gasteiger partial charge is 0.478 e. The quantitative estimate of drug-likeness (QED) is 0.848. The molecule has 0 bridgehead atoms. The summed E-state index contributed by atoms with van der Waals surface area (Å²) in [5.41, 5.74) is 0.385. The Morgan fingerprint density at radius 1 is 1.33 bits per heavy atom. The number of anilines is 1. The first kappa shape index (κ1) is 15.8. The van der Waals surface area contributed by atoms with Crippen molar-refractivity contribution in [1.29, 1.82) is 0 Å². The Bertz CT molecular complexity index is 562. The number of likely N-dealkylation sites (tertiary alicyclic amines) is 1. The number of aromatic carboxylic acids is 1. The predicted octanol–water partition coefficient (Wildman–Crippen LogP) is 3.80. The highest BCUT2D eigenvalue weighted by atomic mass is 79.9. The number of hydrogen-bond donors (Lipinski definition) is 2. The molecule has 0 radical (unpaired) electrons. The van der Waals surface area contributed by atoms with E-state index in [-0.39, 0.29) is 17.6 Å². The van der Waals surface area contributed by atoms with Crippen LogP contribution in [-0.4, -0.2) is 34.6 Å². The third-order valence-electron chi connectivity index (χ3n) is 3.85. The zero-order valence-corrected chi connectivity index (χ0v) is 13.7. The molecule has 5 nitrogen and oxygen atoms in total. The zero-order chi connectivity index (χ0) is 15.6. The molecule has 6 heteroatoms. The minimum atomic E-state index is -1.06. The van der Waals surface area contributed by atoms with E-state index in [9.17, 15) is 14.7 Å². The summed E-state index contributed by atoms with van der Waals surface area (Å²) in [6, 6.07) is 4.74. The molecule has 2 atom stereocenters. The summed E-state index contributed by atoms with van der Waals surface area (Å²) in [6.07, 6.45) is 2.08. The second kappa shape index (κ2) is 6.47. The Hall–Kier alpha value is -1.56. The van der Waals surface area contributed by atoms with Gasteiger partial charge in [0.2, 0.25) is 0 Å². The number of carboxylic acid groups (broad SMARTS) is 1. The maximum Gasteiger partial charge on any atom is 0.337 e. The van der Waals surface area contributed by atoms with Crippen molar-refractivity contribution in [3.8, 4) is 0 Å². The maximum absolute atomic E-state index is 12.5. The van der Waals surface area contributed by atoms with Crippen LogP contribution >= 0.6 is 15.9 Å². The van der Waals surface area contributed by atoms with E-state index < -0.39 is 5.97 Å². The lowest BCUT2D eigenvalue weighted by Crippen LogP contribution is -2.47. The molecule has 2 amide bonds.